The van der Waals surface area contributed by atoms with Gasteiger partial charge in [0, 0.05) is 5.41 Å². The van der Waals surface area contributed by atoms with Gasteiger partial charge in [-0.3, -0.25) is 4.79 Å². The first kappa shape index (κ1) is 8.25. The molecule has 0 unspecified atom stereocenters. The van der Waals surface area contributed by atoms with Gasteiger partial charge < -0.3 is 0 Å². The predicted molar refractivity (Wildman–Crippen MR) is 46.3 cm³/mol. The van der Waals surface area contributed by atoms with E-state index < -0.39 is 0 Å². The monoisotopic (exact) mass is 150 g/mol. The van der Waals surface area contributed by atoms with E-state index >= 15 is 0 Å². The second kappa shape index (κ2) is 2.65. The fourth-order valence-corrected chi connectivity index (χ4v) is 1.39. The molecule has 60 valence electrons. The number of carbonyl (C=O) groups excluding carboxylic acids is 1. The number of rotatable bonds is 1. The van der Waals surface area contributed by atoms with E-state index in [2.05, 4.69) is 26.8 Å². The normalized spacial score (nSPS) is 25.4. The van der Waals surface area contributed by atoms with E-state index in [4.69, 9.17) is 0 Å². The Kier molecular flexibility index (Phi) is 1.99. The number of allylic oxidation sites excluding steroid dienone is 4. The van der Waals surface area contributed by atoms with E-state index in [9.17, 15) is 4.79 Å². The Bertz CT molecular complexity index is 231. The maximum Gasteiger partial charge on any atom is 0.142 e. The quantitative estimate of drug-likeness (QED) is 0.319. The molecule has 0 N–H and O–H groups in total. The summed E-state index contributed by atoms with van der Waals surface area (Å²) in [5.74, 6) is 0. The molecule has 0 atom stereocenters. The fourth-order valence-electron chi connectivity index (χ4n) is 1.39. The summed E-state index contributed by atoms with van der Waals surface area (Å²) < 4.78 is 0. The van der Waals surface area contributed by atoms with Gasteiger partial charge in [0.25, 0.3) is 0 Å². The van der Waals surface area contributed by atoms with Crippen molar-refractivity contribution in [2.45, 2.75) is 27.2 Å². The SMILES string of the molecule is CC1=CC/C(=C\C=O)C1(C)C. The molecule has 11 heavy (non-hydrogen) atoms. The van der Waals surface area contributed by atoms with Crippen LogP contribution < -0.4 is 0 Å². The molecule has 1 aliphatic rings. The van der Waals surface area contributed by atoms with Gasteiger partial charge in [-0.15, -0.1) is 0 Å². The van der Waals surface area contributed by atoms with Crippen molar-refractivity contribution >= 4 is 6.29 Å². The van der Waals surface area contributed by atoms with Gasteiger partial charge in [-0.05, 0) is 19.4 Å². The molecule has 0 heterocycles. The average molecular weight is 150 g/mol. The maximum absolute atomic E-state index is 10.3. The molecule has 0 aromatic rings. The summed E-state index contributed by atoms with van der Waals surface area (Å²) in [4.78, 5) is 10.3. The topological polar surface area (TPSA) is 17.1 Å². The second-order valence-corrected chi connectivity index (χ2v) is 3.54. The van der Waals surface area contributed by atoms with Gasteiger partial charge in [0.1, 0.15) is 6.29 Å². The predicted octanol–water partition coefficient (Wildman–Crippen LogP) is 2.49. The lowest BCUT2D eigenvalue weighted by Gasteiger charge is -2.22. The second-order valence-electron chi connectivity index (χ2n) is 3.54. The van der Waals surface area contributed by atoms with Crippen LogP contribution in [0.2, 0.25) is 0 Å². The van der Waals surface area contributed by atoms with Gasteiger partial charge in [-0.2, -0.15) is 0 Å². The molecule has 1 nitrogen and oxygen atoms in total. The lowest BCUT2D eigenvalue weighted by molar-refractivity contribution is -0.104. The van der Waals surface area contributed by atoms with Gasteiger partial charge >= 0.3 is 0 Å². The van der Waals surface area contributed by atoms with E-state index in [1.165, 1.54) is 11.1 Å². The largest absolute Gasteiger partial charge is 0.299 e. The number of carbonyl (C=O) groups is 1. The fraction of sp³-hybridized carbons (Fsp3) is 0.500. The van der Waals surface area contributed by atoms with Gasteiger partial charge in [0.05, 0.1) is 0 Å². The molecule has 0 saturated carbocycles. The first-order chi connectivity index (χ1) is 5.09. The summed E-state index contributed by atoms with van der Waals surface area (Å²) in [6, 6.07) is 0. The van der Waals surface area contributed by atoms with Crippen molar-refractivity contribution < 1.29 is 4.79 Å². The van der Waals surface area contributed by atoms with Crippen molar-refractivity contribution in [1.82, 2.24) is 0 Å². The number of hydrogen-bond donors (Lipinski definition) is 0. The van der Waals surface area contributed by atoms with E-state index in [1.807, 2.05) is 0 Å². The third-order valence-corrected chi connectivity index (χ3v) is 2.69. The first-order valence-electron chi connectivity index (χ1n) is 3.91. The van der Waals surface area contributed by atoms with E-state index in [0.29, 0.717) is 0 Å². The lowest BCUT2D eigenvalue weighted by Crippen LogP contribution is -2.11. The van der Waals surface area contributed by atoms with Crippen molar-refractivity contribution in [1.29, 1.82) is 0 Å². The highest BCUT2D eigenvalue weighted by molar-refractivity contribution is 5.67. The van der Waals surface area contributed by atoms with Gasteiger partial charge in [0.15, 0.2) is 0 Å². The number of aldehydes is 1. The molecule has 0 amide bonds. The highest BCUT2D eigenvalue weighted by Crippen LogP contribution is 2.41. The van der Waals surface area contributed by atoms with Crippen LogP contribution in [0.4, 0.5) is 0 Å². The molecule has 1 heteroatoms. The molecule has 0 saturated heterocycles. The Morgan fingerprint density at radius 1 is 1.55 bits per heavy atom. The van der Waals surface area contributed by atoms with Gasteiger partial charge in [-0.25, -0.2) is 0 Å². The Morgan fingerprint density at radius 3 is 2.55 bits per heavy atom. The molecule has 0 aromatic heterocycles. The Labute approximate surface area is 67.8 Å². The summed E-state index contributed by atoms with van der Waals surface area (Å²) in [7, 11) is 0. The zero-order chi connectivity index (χ0) is 8.48. The van der Waals surface area contributed by atoms with E-state index in [1.54, 1.807) is 6.08 Å². The first-order valence-corrected chi connectivity index (χ1v) is 3.91. The van der Waals surface area contributed by atoms with Crippen molar-refractivity contribution in [3.63, 3.8) is 0 Å². The standard InChI is InChI=1S/C10H14O/c1-8-4-5-9(6-7-11)10(8,2)3/h4,6-7H,5H2,1-3H3/b9-6+. The zero-order valence-electron chi connectivity index (χ0n) is 7.35. The van der Waals surface area contributed by atoms with E-state index in [-0.39, 0.29) is 5.41 Å². The van der Waals surface area contributed by atoms with Crippen molar-refractivity contribution in [3.05, 3.63) is 23.3 Å². The molecule has 0 aliphatic heterocycles. The van der Waals surface area contributed by atoms with Crippen LogP contribution >= 0.6 is 0 Å². The maximum atomic E-state index is 10.3. The highest BCUT2D eigenvalue weighted by atomic mass is 16.1. The van der Waals surface area contributed by atoms with Crippen LogP contribution in [0.3, 0.4) is 0 Å². The molecule has 0 radical (unpaired) electrons. The molecule has 1 rings (SSSR count). The summed E-state index contributed by atoms with van der Waals surface area (Å²) in [5.41, 5.74) is 2.71. The Balaban J connectivity index is 2.95. The molecular weight excluding hydrogens is 136 g/mol. The lowest BCUT2D eigenvalue weighted by atomic mass is 9.82. The van der Waals surface area contributed by atoms with Crippen LogP contribution in [0.25, 0.3) is 0 Å². The summed E-state index contributed by atoms with van der Waals surface area (Å²) in [6.45, 7) is 6.42. The molecule has 0 aromatic carbocycles. The van der Waals surface area contributed by atoms with Crippen LogP contribution in [0.1, 0.15) is 27.2 Å². The molecule has 0 spiro atoms. The minimum Gasteiger partial charge on any atom is -0.299 e. The van der Waals surface area contributed by atoms with Crippen molar-refractivity contribution in [2.24, 2.45) is 5.41 Å². The van der Waals surface area contributed by atoms with Crippen molar-refractivity contribution in [2.75, 3.05) is 0 Å². The summed E-state index contributed by atoms with van der Waals surface area (Å²) in [5, 5.41) is 0. The third kappa shape index (κ3) is 1.28. The smallest absolute Gasteiger partial charge is 0.142 e. The van der Waals surface area contributed by atoms with Crippen molar-refractivity contribution in [3.8, 4) is 0 Å². The van der Waals surface area contributed by atoms with Crippen LogP contribution in [0.5, 0.6) is 0 Å². The summed E-state index contributed by atoms with van der Waals surface area (Å²) in [6.07, 6.45) is 5.70. The van der Waals surface area contributed by atoms with Gasteiger partial charge in [0.2, 0.25) is 0 Å². The minimum absolute atomic E-state index is 0.112. The van der Waals surface area contributed by atoms with Crippen LogP contribution in [-0.2, 0) is 4.79 Å². The van der Waals surface area contributed by atoms with E-state index in [0.717, 1.165) is 12.7 Å². The summed E-state index contributed by atoms with van der Waals surface area (Å²) >= 11 is 0. The van der Waals surface area contributed by atoms with Gasteiger partial charge in [-0.1, -0.05) is 31.1 Å². The van der Waals surface area contributed by atoms with Crippen LogP contribution in [0.15, 0.2) is 23.3 Å². The Hall–Kier alpha value is -0.850. The minimum atomic E-state index is 0.112. The average Bonchev–Trinajstić information content (AvgIpc) is 2.16. The molecular formula is C10H14O. The zero-order valence-corrected chi connectivity index (χ0v) is 7.35. The van der Waals surface area contributed by atoms with Crippen LogP contribution in [-0.4, -0.2) is 6.29 Å². The number of hydrogen-bond acceptors (Lipinski definition) is 1. The molecule has 1 aliphatic carbocycles. The molecule has 0 bridgehead atoms. The highest BCUT2D eigenvalue weighted by Gasteiger charge is 2.28. The van der Waals surface area contributed by atoms with Crippen LogP contribution in [0, 0.1) is 5.41 Å². The Morgan fingerprint density at radius 2 is 2.18 bits per heavy atom. The molecule has 0 fully saturated rings. The third-order valence-electron chi connectivity index (χ3n) is 2.69.